The molecule has 0 radical (unpaired) electrons. The molecular formula is C47H55ClN8O8. The van der Waals surface area contributed by atoms with Crippen LogP contribution in [-0.2, 0) is 9.59 Å². The fraction of sp³-hybridized carbons (Fsp3) is 0.532. The molecule has 16 nitrogen and oxygen atoms in total. The number of carbonyl (C=O) groups is 5. The number of hydrogen-bond donors (Lipinski definition) is 2. The number of nitrogens with one attached hydrogen (secondary N) is 2. The van der Waals surface area contributed by atoms with Crippen LogP contribution in [0, 0.1) is 28.1 Å². The van der Waals surface area contributed by atoms with Crippen LogP contribution in [0.3, 0.4) is 0 Å². The number of hydrogen-bond acceptors (Lipinski definition) is 13. The Labute approximate surface area is 377 Å². The summed E-state index contributed by atoms with van der Waals surface area (Å²) in [5, 5.41) is 15.0. The first kappa shape index (κ1) is 44.8. The second-order valence-electron chi connectivity index (χ2n) is 19.1. The van der Waals surface area contributed by atoms with Gasteiger partial charge in [-0.05, 0) is 57.2 Å². The summed E-state index contributed by atoms with van der Waals surface area (Å²) in [5.74, 6) is -0.203. The zero-order valence-corrected chi connectivity index (χ0v) is 38.0. The summed E-state index contributed by atoms with van der Waals surface area (Å²) in [6.45, 7) is 15.3. The first-order valence-electron chi connectivity index (χ1n) is 22.0. The van der Waals surface area contributed by atoms with Crippen molar-refractivity contribution < 1.29 is 38.2 Å². The molecule has 1 unspecified atom stereocenters. The molecule has 5 amide bonds. The Bertz CT molecular complexity index is 2390. The molecule has 64 heavy (non-hydrogen) atoms. The third-order valence-corrected chi connectivity index (χ3v) is 14.2. The van der Waals surface area contributed by atoms with E-state index in [0.717, 1.165) is 56.0 Å². The number of aromatic nitrogens is 2. The van der Waals surface area contributed by atoms with Crippen molar-refractivity contribution in [3.8, 4) is 23.3 Å². The van der Waals surface area contributed by atoms with Crippen molar-refractivity contribution in [2.45, 2.75) is 116 Å². The van der Waals surface area contributed by atoms with E-state index in [2.05, 4.69) is 78.0 Å². The van der Waals surface area contributed by atoms with Crippen molar-refractivity contribution in [1.29, 1.82) is 5.26 Å². The highest BCUT2D eigenvalue weighted by molar-refractivity contribution is 6.31. The van der Waals surface area contributed by atoms with E-state index in [1.807, 2.05) is 0 Å². The molecule has 4 heterocycles. The van der Waals surface area contributed by atoms with Gasteiger partial charge in [0.15, 0.2) is 0 Å². The maximum atomic E-state index is 13.5. The molecule has 3 aromatic rings. The van der Waals surface area contributed by atoms with Gasteiger partial charge in [-0.15, -0.1) is 0 Å². The molecular weight excluding hydrogens is 840 g/mol. The predicted octanol–water partition coefficient (Wildman–Crippen LogP) is 5.56. The van der Waals surface area contributed by atoms with E-state index in [-0.39, 0.29) is 59.6 Å². The Morgan fingerprint density at radius 2 is 1.70 bits per heavy atom. The molecule has 8 rings (SSSR count). The second-order valence-corrected chi connectivity index (χ2v) is 19.5. The van der Waals surface area contributed by atoms with Gasteiger partial charge in [-0.1, -0.05) is 39.3 Å². The summed E-state index contributed by atoms with van der Waals surface area (Å²) < 4.78 is 18.3. The molecule has 2 N–H and O–H groups in total. The van der Waals surface area contributed by atoms with Gasteiger partial charge in [0.05, 0.1) is 41.2 Å². The van der Waals surface area contributed by atoms with Crippen LogP contribution >= 0.6 is 11.6 Å². The Kier molecular flexibility index (Phi) is 12.1. The van der Waals surface area contributed by atoms with Crippen LogP contribution in [0.2, 0.25) is 5.02 Å². The lowest BCUT2D eigenvalue weighted by molar-refractivity contribution is -0.164. The first-order chi connectivity index (χ1) is 30.4. The number of nitrogens with zero attached hydrogens (tertiary/aromatic N) is 6. The Balaban J connectivity index is 0.811. The summed E-state index contributed by atoms with van der Waals surface area (Å²) in [6.07, 6.45) is 6.61. The fourth-order valence-corrected chi connectivity index (χ4v) is 10.9. The predicted molar refractivity (Wildman–Crippen MR) is 235 cm³/mol. The molecule has 1 atom stereocenters. The number of anilines is 1. The first-order valence-corrected chi connectivity index (χ1v) is 22.4. The number of imide groups is 2. The Morgan fingerprint density at radius 1 is 0.984 bits per heavy atom. The average Bonchev–Trinajstić information content (AvgIpc) is 3.50. The van der Waals surface area contributed by atoms with E-state index in [1.165, 1.54) is 7.11 Å². The zero-order valence-electron chi connectivity index (χ0n) is 37.3. The van der Waals surface area contributed by atoms with Gasteiger partial charge in [-0.2, -0.15) is 5.26 Å². The minimum atomic E-state index is -1.07. The van der Waals surface area contributed by atoms with Crippen LogP contribution in [0.5, 0.6) is 17.2 Å². The molecule has 2 saturated heterocycles. The van der Waals surface area contributed by atoms with Gasteiger partial charge in [-0.3, -0.25) is 39.1 Å². The second kappa shape index (κ2) is 17.3. The van der Waals surface area contributed by atoms with E-state index in [9.17, 15) is 29.2 Å². The highest BCUT2D eigenvalue weighted by Gasteiger charge is 2.64. The number of carbonyl (C=O) groups excluding carboxylic acids is 5. The monoisotopic (exact) mass is 894 g/mol. The van der Waals surface area contributed by atoms with E-state index in [4.69, 9.17) is 25.8 Å². The van der Waals surface area contributed by atoms with Crippen molar-refractivity contribution >= 4 is 47.0 Å². The molecule has 17 heteroatoms. The zero-order chi connectivity index (χ0) is 45.8. The van der Waals surface area contributed by atoms with E-state index in [0.29, 0.717) is 40.1 Å². The van der Waals surface area contributed by atoms with Gasteiger partial charge in [0.1, 0.15) is 53.1 Å². The molecule has 2 aromatic carbocycles. The number of benzene rings is 2. The average molecular weight is 895 g/mol. The lowest BCUT2D eigenvalue weighted by atomic mass is 9.49. The van der Waals surface area contributed by atoms with Crippen molar-refractivity contribution in [2.75, 3.05) is 31.6 Å². The van der Waals surface area contributed by atoms with Gasteiger partial charge in [0.25, 0.3) is 17.7 Å². The van der Waals surface area contributed by atoms with Crippen LogP contribution < -0.4 is 29.7 Å². The van der Waals surface area contributed by atoms with Crippen LogP contribution in [0.25, 0.3) is 0 Å². The minimum Gasteiger partial charge on any atom is -0.496 e. The normalized spacial score (nSPS) is 25.0. The smallest absolute Gasteiger partial charge is 0.271 e. The third kappa shape index (κ3) is 8.24. The topological polar surface area (TPSA) is 196 Å². The SMILES string of the molecule is COc1cc(OC2CC(N(CC3CCN(c4cnc(C(=O)NC5C(C)(C)C(Oc6ccc(C#N)c(Cl)c6)C5(C)C)cn4)CC3)C(C)C)C2)cc2c1C(=O)N(C1CCC(=O)NC1=O)C2=O. The molecule has 4 fully saturated rings. The minimum absolute atomic E-state index is 0.0386. The van der Waals surface area contributed by atoms with Crippen molar-refractivity contribution in [3.63, 3.8) is 0 Å². The van der Waals surface area contributed by atoms with Gasteiger partial charge >= 0.3 is 0 Å². The molecule has 338 valence electrons. The lowest BCUT2D eigenvalue weighted by Crippen LogP contribution is -2.74. The number of halogens is 1. The summed E-state index contributed by atoms with van der Waals surface area (Å²) >= 11 is 6.25. The molecule has 3 aliphatic heterocycles. The number of ether oxygens (including phenoxy) is 3. The summed E-state index contributed by atoms with van der Waals surface area (Å²) in [4.78, 5) is 79.5. The van der Waals surface area contributed by atoms with E-state index in [1.54, 1.807) is 42.7 Å². The molecule has 2 aliphatic carbocycles. The Hall–Kier alpha value is -5.79. The van der Waals surface area contributed by atoms with Crippen LogP contribution in [-0.4, -0.2) is 112 Å². The highest BCUT2D eigenvalue weighted by Crippen LogP contribution is 2.55. The Morgan fingerprint density at radius 3 is 2.31 bits per heavy atom. The number of amides is 5. The van der Waals surface area contributed by atoms with Crippen molar-refractivity contribution in [1.82, 2.24) is 30.4 Å². The van der Waals surface area contributed by atoms with Crippen LogP contribution in [0.15, 0.2) is 42.7 Å². The standard InChI is InChI=1S/C47H55ClN8O8/c1-25(2)55(28-16-30(17-28)63-31-18-32-39(36(20-31)62-7)43(61)56(42(32)60)35-10-11-38(57)52-41(35)59)24-26-12-14-54(15-13-26)37-23-50-34(22-51-37)40(58)53-44-46(3,4)45(47(44,5)6)64-29-9-8-27(21-49)33(48)19-29/h8-9,18-20,22-23,25-26,28,30,35,44-45H,10-17,24H2,1-7H3,(H,53,58)(H,52,57,59). The van der Waals surface area contributed by atoms with Crippen molar-refractivity contribution in [3.05, 3.63) is 70.1 Å². The third-order valence-electron chi connectivity index (χ3n) is 13.9. The van der Waals surface area contributed by atoms with Crippen LogP contribution in [0.4, 0.5) is 5.82 Å². The largest absolute Gasteiger partial charge is 0.496 e. The molecule has 0 spiro atoms. The van der Waals surface area contributed by atoms with Gasteiger partial charge < -0.3 is 24.4 Å². The van der Waals surface area contributed by atoms with E-state index >= 15 is 0 Å². The van der Waals surface area contributed by atoms with E-state index < -0.39 is 40.5 Å². The molecule has 1 aromatic heterocycles. The molecule has 0 bridgehead atoms. The number of piperidine rings is 2. The maximum absolute atomic E-state index is 13.5. The quantitative estimate of drug-likeness (QED) is 0.203. The van der Waals surface area contributed by atoms with Crippen LogP contribution in [0.1, 0.15) is 117 Å². The number of methoxy groups -OCH3 is 1. The van der Waals surface area contributed by atoms with Gasteiger partial charge in [0, 0.05) is 80.0 Å². The molecule has 2 saturated carbocycles. The maximum Gasteiger partial charge on any atom is 0.271 e. The summed E-state index contributed by atoms with van der Waals surface area (Å²) in [6, 6.07) is 9.65. The van der Waals surface area contributed by atoms with Gasteiger partial charge in [-0.25, -0.2) is 9.97 Å². The number of fused-ring (bicyclic) bond motifs is 1. The summed E-state index contributed by atoms with van der Waals surface area (Å²) in [5.41, 5.74) is 0.0224. The summed E-state index contributed by atoms with van der Waals surface area (Å²) in [7, 11) is 1.42. The van der Waals surface area contributed by atoms with Gasteiger partial charge in [0.2, 0.25) is 11.8 Å². The lowest BCUT2D eigenvalue weighted by Gasteiger charge is -2.63. The fourth-order valence-electron chi connectivity index (χ4n) is 10.7. The number of nitriles is 1. The highest BCUT2D eigenvalue weighted by atomic mass is 35.5. The number of rotatable bonds is 13. The van der Waals surface area contributed by atoms with Crippen molar-refractivity contribution in [2.24, 2.45) is 16.7 Å². The molecule has 5 aliphatic rings.